The molecule has 4 fully saturated rings. The van der Waals surface area contributed by atoms with Crippen molar-refractivity contribution in [1.82, 2.24) is 19.6 Å². The summed E-state index contributed by atoms with van der Waals surface area (Å²) in [6.07, 6.45) is 5.04. The Morgan fingerprint density at radius 1 is 1.05 bits per heavy atom. The molecule has 4 heterocycles. The number of hydrogen-bond donors (Lipinski definition) is 1. The Hall–Kier alpha value is -3.05. The van der Waals surface area contributed by atoms with Crippen LogP contribution in [0, 0.1) is 11.8 Å². The summed E-state index contributed by atoms with van der Waals surface area (Å²) in [6, 6.07) is 8.83. The molecule has 0 aliphatic carbocycles. The van der Waals surface area contributed by atoms with Crippen molar-refractivity contribution in [3.05, 3.63) is 61.2 Å². The Bertz CT molecular complexity index is 1190. The Morgan fingerprint density at radius 3 is 2.40 bits per heavy atom. The van der Waals surface area contributed by atoms with Gasteiger partial charge in [-0.2, -0.15) is 0 Å². The number of hydrogen-bond acceptors (Lipinski definition) is 7. The molecule has 5 rings (SSSR count). The summed E-state index contributed by atoms with van der Waals surface area (Å²) < 4.78 is 12.4. The van der Waals surface area contributed by atoms with Gasteiger partial charge in [-0.3, -0.25) is 19.3 Å². The van der Waals surface area contributed by atoms with E-state index in [1.807, 2.05) is 37.3 Å². The molecule has 43 heavy (non-hydrogen) atoms. The maximum absolute atomic E-state index is 14.5. The Kier molecular flexibility index (Phi) is 9.70. The smallest absolute Gasteiger partial charge is 0.248 e. The molecule has 4 aliphatic rings. The van der Waals surface area contributed by atoms with Gasteiger partial charge in [0.1, 0.15) is 11.6 Å². The van der Waals surface area contributed by atoms with E-state index >= 15 is 0 Å². The lowest BCUT2D eigenvalue weighted by atomic mass is 9.64. The first kappa shape index (κ1) is 31.4. The average Bonchev–Trinajstić information content (AvgIpc) is 3.63. The fourth-order valence-electron chi connectivity index (χ4n) is 7.82. The second-order valence-corrected chi connectivity index (χ2v) is 12.1. The van der Waals surface area contributed by atoms with Crippen molar-refractivity contribution in [3.63, 3.8) is 0 Å². The molecule has 1 aromatic carbocycles. The van der Waals surface area contributed by atoms with Crippen molar-refractivity contribution < 1.29 is 29.0 Å². The van der Waals surface area contributed by atoms with Gasteiger partial charge in [0.05, 0.1) is 37.3 Å². The number of aliphatic hydroxyl groups excluding tert-OH is 1. The van der Waals surface area contributed by atoms with E-state index in [0.29, 0.717) is 65.2 Å². The van der Waals surface area contributed by atoms with Crippen LogP contribution in [0.25, 0.3) is 0 Å². The van der Waals surface area contributed by atoms with Gasteiger partial charge in [-0.05, 0) is 24.8 Å². The summed E-state index contributed by atoms with van der Waals surface area (Å²) in [5.74, 6) is -2.20. The van der Waals surface area contributed by atoms with Gasteiger partial charge in [-0.15, -0.1) is 13.2 Å². The minimum Gasteiger partial charge on any atom is -0.395 e. The fraction of sp³-hybridized carbons (Fsp3) is 0.606. The van der Waals surface area contributed by atoms with Crippen LogP contribution in [-0.2, 0) is 30.4 Å². The van der Waals surface area contributed by atoms with Crippen LogP contribution in [0.3, 0.4) is 0 Å². The zero-order valence-electron chi connectivity index (χ0n) is 25.4. The summed E-state index contributed by atoms with van der Waals surface area (Å²) in [5.41, 5.74) is -0.992. The molecule has 4 aliphatic heterocycles. The van der Waals surface area contributed by atoms with Gasteiger partial charge in [0.15, 0.2) is 0 Å². The SMILES string of the molecule is C=CCN(CCN1CCOCC1)C(=O)C1N(CCO)C(=O)[C@@H]2[C@@H](C(=O)N(CC=C)Cc3ccccc3)[C@@]3(CC)CCC12O3. The van der Waals surface area contributed by atoms with Crippen LogP contribution in [0.2, 0.25) is 0 Å². The van der Waals surface area contributed by atoms with Gasteiger partial charge >= 0.3 is 0 Å². The van der Waals surface area contributed by atoms with E-state index in [1.54, 1.807) is 22.0 Å². The number of β-amino-alcohol motifs (C(OH)–C–C–N with tert-alkyl or cyclic N) is 1. The summed E-state index contributed by atoms with van der Waals surface area (Å²) in [6.45, 7) is 14.6. The molecule has 1 spiro atoms. The van der Waals surface area contributed by atoms with Crippen molar-refractivity contribution in [3.8, 4) is 0 Å². The number of carbonyl (C=O) groups is 3. The second-order valence-electron chi connectivity index (χ2n) is 12.1. The van der Waals surface area contributed by atoms with Crippen LogP contribution < -0.4 is 0 Å². The van der Waals surface area contributed by atoms with Gasteiger partial charge < -0.3 is 29.3 Å². The molecule has 1 aromatic rings. The Labute approximate surface area is 254 Å². The van der Waals surface area contributed by atoms with E-state index in [2.05, 4.69) is 18.1 Å². The van der Waals surface area contributed by atoms with E-state index in [9.17, 15) is 19.5 Å². The molecular formula is C33H46N4O6. The van der Waals surface area contributed by atoms with E-state index in [-0.39, 0.29) is 30.9 Å². The monoisotopic (exact) mass is 594 g/mol. The molecule has 0 aromatic heterocycles. The third-order valence-corrected chi connectivity index (χ3v) is 9.85. The first-order chi connectivity index (χ1) is 20.9. The lowest BCUT2D eigenvalue weighted by Gasteiger charge is -2.37. The fourth-order valence-corrected chi connectivity index (χ4v) is 7.82. The van der Waals surface area contributed by atoms with Crippen molar-refractivity contribution in [1.29, 1.82) is 0 Å². The zero-order chi connectivity index (χ0) is 30.6. The summed E-state index contributed by atoms with van der Waals surface area (Å²) in [4.78, 5) is 50.5. The highest BCUT2D eigenvalue weighted by molar-refractivity contribution is 5.99. The number of aliphatic hydroxyl groups is 1. The molecule has 2 unspecified atom stereocenters. The average molecular weight is 595 g/mol. The molecular weight excluding hydrogens is 548 g/mol. The highest BCUT2D eigenvalue weighted by Crippen LogP contribution is 2.64. The van der Waals surface area contributed by atoms with Crippen molar-refractivity contribution in [2.45, 2.75) is 50.0 Å². The highest BCUT2D eigenvalue weighted by Gasteiger charge is 2.79. The molecule has 0 saturated carbocycles. The maximum Gasteiger partial charge on any atom is 0.248 e. The number of morpholine rings is 1. The van der Waals surface area contributed by atoms with Gasteiger partial charge in [0.25, 0.3) is 0 Å². The van der Waals surface area contributed by atoms with E-state index in [0.717, 1.165) is 18.7 Å². The van der Waals surface area contributed by atoms with Gasteiger partial charge in [-0.25, -0.2) is 0 Å². The van der Waals surface area contributed by atoms with Crippen LogP contribution in [0.1, 0.15) is 31.7 Å². The first-order valence-electron chi connectivity index (χ1n) is 15.6. The van der Waals surface area contributed by atoms with Crippen LogP contribution in [0.4, 0.5) is 0 Å². The van der Waals surface area contributed by atoms with E-state index in [4.69, 9.17) is 9.47 Å². The molecule has 4 saturated heterocycles. The predicted octanol–water partition coefficient (Wildman–Crippen LogP) is 1.70. The molecule has 5 atom stereocenters. The maximum atomic E-state index is 14.5. The Balaban J connectivity index is 1.47. The van der Waals surface area contributed by atoms with E-state index in [1.165, 1.54) is 4.90 Å². The van der Waals surface area contributed by atoms with Crippen LogP contribution in [0.15, 0.2) is 55.6 Å². The van der Waals surface area contributed by atoms with Crippen molar-refractivity contribution in [2.24, 2.45) is 11.8 Å². The number of rotatable bonds is 14. The van der Waals surface area contributed by atoms with Crippen LogP contribution in [-0.4, -0.2) is 125 Å². The molecule has 0 radical (unpaired) electrons. The number of ether oxygens (including phenoxy) is 2. The van der Waals surface area contributed by atoms with Crippen LogP contribution >= 0.6 is 0 Å². The molecule has 1 N–H and O–H groups in total. The first-order valence-corrected chi connectivity index (χ1v) is 15.6. The number of nitrogens with zero attached hydrogens (tertiary/aromatic N) is 4. The minimum absolute atomic E-state index is 0.00264. The molecule has 2 bridgehead atoms. The number of amides is 3. The van der Waals surface area contributed by atoms with Gasteiger partial charge in [0, 0.05) is 52.4 Å². The quantitative estimate of drug-likeness (QED) is 0.327. The zero-order valence-corrected chi connectivity index (χ0v) is 25.4. The molecule has 10 nitrogen and oxygen atoms in total. The van der Waals surface area contributed by atoms with E-state index < -0.39 is 29.1 Å². The number of benzene rings is 1. The largest absolute Gasteiger partial charge is 0.395 e. The molecule has 10 heteroatoms. The number of likely N-dealkylation sites (tertiary alicyclic amines) is 1. The van der Waals surface area contributed by atoms with Crippen LogP contribution in [0.5, 0.6) is 0 Å². The molecule has 3 amide bonds. The summed E-state index contributed by atoms with van der Waals surface area (Å²) >= 11 is 0. The number of carbonyl (C=O) groups excluding carboxylic acids is 3. The topological polar surface area (TPSA) is 103 Å². The predicted molar refractivity (Wildman–Crippen MR) is 162 cm³/mol. The second kappa shape index (κ2) is 13.3. The lowest BCUT2D eigenvalue weighted by molar-refractivity contribution is -0.155. The Morgan fingerprint density at radius 2 is 1.74 bits per heavy atom. The lowest BCUT2D eigenvalue weighted by Crippen LogP contribution is -2.57. The minimum atomic E-state index is -1.13. The molecule has 234 valence electrons. The van der Waals surface area contributed by atoms with Crippen molar-refractivity contribution >= 4 is 17.7 Å². The van der Waals surface area contributed by atoms with Gasteiger partial charge in [0.2, 0.25) is 17.7 Å². The standard InChI is InChI=1S/C33H46N4O6/c1-4-14-35(17-16-34-19-22-42-23-20-34)31(41)28-33-13-12-32(6-3,43-33)26(27(33)30(40)37(28)18-21-38)29(39)36(15-5-2)24-25-10-8-7-9-11-25/h4-5,7-11,26-28,38H,1-2,6,12-24H2,3H3/t26-,27-,28?,32+,33?/m0/s1. The van der Waals surface area contributed by atoms with Gasteiger partial charge in [-0.1, -0.05) is 49.4 Å². The third kappa shape index (κ3) is 5.66. The highest BCUT2D eigenvalue weighted by atomic mass is 16.5. The van der Waals surface area contributed by atoms with Crippen molar-refractivity contribution in [2.75, 3.05) is 65.6 Å². The number of fused-ring (bicyclic) bond motifs is 1. The summed E-state index contributed by atoms with van der Waals surface area (Å²) in [7, 11) is 0. The normalized spacial score (nSPS) is 29.9. The third-order valence-electron chi connectivity index (χ3n) is 9.85. The summed E-state index contributed by atoms with van der Waals surface area (Å²) in [5, 5.41) is 10.0.